The second kappa shape index (κ2) is 11.0. The van der Waals surface area contributed by atoms with Crippen LogP contribution in [0.1, 0.15) is 52.0 Å². The van der Waals surface area contributed by atoms with Crippen LogP contribution in [0.4, 0.5) is 0 Å². The summed E-state index contributed by atoms with van der Waals surface area (Å²) >= 11 is 6.03. The quantitative estimate of drug-likeness (QED) is 0.459. The molecule has 1 atom stereocenters. The third-order valence-electron chi connectivity index (χ3n) is 5.37. The van der Waals surface area contributed by atoms with E-state index in [2.05, 4.69) is 15.7 Å². The summed E-state index contributed by atoms with van der Waals surface area (Å²) in [6, 6.07) is 16.3. The summed E-state index contributed by atoms with van der Waals surface area (Å²) < 4.78 is 11.1. The minimum Gasteiger partial charge on any atom is -0.461 e. The van der Waals surface area contributed by atoms with Gasteiger partial charge in [0.1, 0.15) is 6.54 Å². The molecule has 0 aliphatic carbocycles. The molecule has 10 nitrogen and oxygen atoms in total. The van der Waals surface area contributed by atoms with E-state index in [-0.39, 0.29) is 31.1 Å². The number of nitrogens with one attached hydrogen (secondary N) is 1. The van der Waals surface area contributed by atoms with Gasteiger partial charge >= 0.3 is 11.9 Å². The number of halogens is 1. The summed E-state index contributed by atoms with van der Waals surface area (Å²) in [6.07, 6.45) is 1.92. The van der Waals surface area contributed by atoms with Crippen LogP contribution in [0.3, 0.4) is 0 Å². The van der Waals surface area contributed by atoms with Crippen molar-refractivity contribution in [2.24, 2.45) is 0 Å². The SMILES string of the molecule is CCOC(=O)c1nnn(CC(=O)N2NC(c3ccc(Cl)cc3)=CC2c2ccccc2)c1C(=O)OCC. The molecule has 0 radical (unpaired) electrons. The number of hydrogen-bond donors (Lipinski definition) is 1. The Bertz CT molecular complexity index is 1290. The minimum absolute atomic E-state index is 0.0678. The van der Waals surface area contributed by atoms with Gasteiger partial charge in [-0.05, 0) is 43.2 Å². The van der Waals surface area contributed by atoms with Crippen LogP contribution in [-0.2, 0) is 20.8 Å². The number of benzene rings is 2. The Morgan fingerprint density at radius 1 is 0.972 bits per heavy atom. The maximum absolute atomic E-state index is 13.5. The maximum Gasteiger partial charge on any atom is 0.361 e. The maximum atomic E-state index is 13.5. The fraction of sp³-hybridized carbons (Fsp3) is 0.240. The van der Waals surface area contributed by atoms with Gasteiger partial charge in [-0.25, -0.2) is 19.3 Å². The van der Waals surface area contributed by atoms with E-state index in [9.17, 15) is 14.4 Å². The zero-order valence-corrected chi connectivity index (χ0v) is 20.4. The first-order chi connectivity index (χ1) is 17.4. The number of esters is 2. The number of hydrogen-bond acceptors (Lipinski definition) is 8. The zero-order valence-electron chi connectivity index (χ0n) is 19.7. The summed E-state index contributed by atoms with van der Waals surface area (Å²) in [5.41, 5.74) is 5.03. The lowest BCUT2D eigenvalue weighted by Gasteiger charge is -2.25. The van der Waals surface area contributed by atoms with Gasteiger partial charge in [-0.3, -0.25) is 10.2 Å². The predicted octanol–water partition coefficient (Wildman–Crippen LogP) is 3.41. The highest BCUT2D eigenvalue weighted by Crippen LogP contribution is 2.32. The van der Waals surface area contributed by atoms with Gasteiger partial charge in [0.2, 0.25) is 5.69 Å². The summed E-state index contributed by atoms with van der Waals surface area (Å²) in [5, 5.41) is 9.71. The van der Waals surface area contributed by atoms with Crippen LogP contribution in [0.2, 0.25) is 5.02 Å². The van der Waals surface area contributed by atoms with Crippen molar-refractivity contribution in [1.82, 2.24) is 25.4 Å². The van der Waals surface area contributed by atoms with Crippen LogP contribution >= 0.6 is 11.6 Å². The smallest absolute Gasteiger partial charge is 0.361 e. The first-order valence-electron chi connectivity index (χ1n) is 11.3. The number of hydrazine groups is 1. The van der Waals surface area contributed by atoms with Crippen LogP contribution in [0, 0.1) is 0 Å². The molecule has 1 aliphatic rings. The van der Waals surface area contributed by atoms with Crippen molar-refractivity contribution in [1.29, 1.82) is 0 Å². The van der Waals surface area contributed by atoms with E-state index in [1.807, 2.05) is 48.5 Å². The number of carbonyl (C=O) groups excluding carboxylic acids is 3. The summed E-state index contributed by atoms with van der Waals surface area (Å²) in [7, 11) is 0. The molecule has 1 amide bonds. The lowest BCUT2D eigenvalue weighted by molar-refractivity contribution is -0.135. The van der Waals surface area contributed by atoms with Crippen molar-refractivity contribution >= 4 is 35.1 Å². The highest BCUT2D eigenvalue weighted by Gasteiger charge is 2.34. The Kier molecular flexibility index (Phi) is 7.65. The van der Waals surface area contributed by atoms with E-state index < -0.39 is 23.9 Å². The predicted molar refractivity (Wildman–Crippen MR) is 131 cm³/mol. The summed E-state index contributed by atoms with van der Waals surface area (Å²) in [4.78, 5) is 38.5. The lowest BCUT2D eigenvalue weighted by Crippen LogP contribution is -2.42. The van der Waals surface area contributed by atoms with Gasteiger partial charge in [-0.2, -0.15) is 0 Å². The first kappa shape index (κ1) is 24.9. The number of amides is 1. The van der Waals surface area contributed by atoms with Crippen molar-refractivity contribution in [2.45, 2.75) is 26.4 Å². The van der Waals surface area contributed by atoms with E-state index >= 15 is 0 Å². The number of aromatic nitrogens is 3. The Labute approximate surface area is 212 Å². The number of nitrogens with zero attached hydrogens (tertiary/aromatic N) is 4. The average molecular weight is 510 g/mol. The molecule has 1 unspecified atom stereocenters. The van der Waals surface area contributed by atoms with Gasteiger partial charge in [0.25, 0.3) is 5.91 Å². The fourth-order valence-electron chi connectivity index (χ4n) is 3.74. The van der Waals surface area contributed by atoms with E-state index in [1.54, 1.807) is 26.0 Å². The third kappa shape index (κ3) is 5.23. The van der Waals surface area contributed by atoms with Crippen LogP contribution in [0.5, 0.6) is 0 Å². The third-order valence-corrected chi connectivity index (χ3v) is 5.62. The summed E-state index contributed by atoms with van der Waals surface area (Å²) in [5.74, 6) is -2.07. The van der Waals surface area contributed by atoms with Gasteiger partial charge in [0.15, 0.2) is 5.69 Å². The molecule has 0 bridgehead atoms. The second-order valence-electron chi connectivity index (χ2n) is 7.70. The van der Waals surface area contributed by atoms with Crippen molar-refractivity contribution in [3.63, 3.8) is 0 Å². The molecular formula is C25H24ClN5O5. The molecule has 4 rings (SSSR count). The monoisotopic (exact) mass is 509 g/mol. The fourth-order valence-corrected chi connectivity index (χ4v) is 3.86. The van der Waals surface area contributed by atoms with Gasteiger partial charge in [-0.1, -0.05) is 59.3 Å². The van der Waals surface area contributed by atoms with E-state index in [0.29, 0.717) is 10.7 Å². The Hall–Kier alpha value is -4.18. The molecule has 2 aromatic carbocycles. The van der Waals surface area contributed by atoms with Crippen LogP contribution in [0.15, 0.2) is 60.7 Å². The van der Waals surface area contributed by atoms with Gasteiger partial charge < -0.3 is 9.47 Å². The molecule has 0 saturated heterocycles. The standard InChI is InChI=1S/C25H24ClN5O5/c1-3-35-24(33)22-23(25(34)36-4-2)30(29-27-22)15-21(32)31-20(17-8-6-5-7-9-17)14-19(28-31)16-10-12-18(26)13-11-16/h5-14,20,28H,3-4,15H2,1-2H3. The van der Waals surface area contributed by atoms with Crippen molar-refractivity contribution in [3.8, 4) is 0 Å². The van der Waals surface area contributed by atoms with Gasteiger partial charge in [0.05, 0.1) is 25.0 Å². The molecule has 1 N–H and O–H groups in total. The van der Waals surface area contributed by atoms with Crippen molar-refractivity contribution in [3.05, 3.63) is 88.2 Å². The Morgan fingerprint density at radius 2 is 1.64 bits per heavy atom. The lowest BCUT2D eigenvalue weighted by atomic mass is 10.0. The molecule has 36 heavy (non-hydrogen) atoms. The molecular weight excluding hydrogens is 486 g/mol. The second-order valence-corrected chi connectivity index (χ2v) is 8.14. The number of carbonyl (C=O) groups is 3. The van der Waals surface area contributed by atoms with Gasteiger partial charge in [0, 0.05) is 5.02 Å². The normalized spacial score (nSPS) is 14.7. The summed E-state index contributed by atoms with van der Waals surface area (Å²) in [6.45, 7) is 3.03. The molecule has 1 aliphatic heterocycles. The van der Waals surface area contributed by atoms with E-state index in [0.717, 1.165) is 15.8 Å². The number of ether oxygens (including phenoxy) is 2. The zero-order chi connectivity index (χ0) is 25.7. The first-order valence-corrected chi connectivity index (χ1v) is 11.7. The highest BCUT2D eigenvalue weighted by atomic mass is 35.5. The molecule has 0 fully saturated rings. The van der Waals surface area contributed by atoms with Crippen molar-refractivity contribution < 1.29 is 23.9 Å². The topological polar surface area (TPSA) is 116 Å². The minimum atomic E-state index is -0.827. The molecule has 11 heteroatoms. The Morgan fingerprint density at radius 3 is 2.31 bits per heavy atom. The molecule has 1 aromatic heterocycles. The van der Waals surface area contributed by atoms with Gasteiger partial charge in [-0.15, -0.1) is 5.10 Å². The van der Waals surface area contributed by atoms with E-state index in [1.165, 1.54) is 5.01 Å². The van der Waals surface area contributed by atoms with Crippen LogP contribution in [0.25, 0.3) is 5.70 Å². The highest BCUT2D eigenvalue weighted by molar-refractivity contribution is 6.30. The largest absolute Gasteiger partial charge is 0.461 e. The molecule has 2 heterocycles. The van der Waals surface area contributed by atoms with Crippen molar-refractivity contribution in [2.75, 3.05) is 13.2 Å². The number of rotatable bonds is 8. The average Bonchev–Trinajstić information content (AvgIpc) is 3.50. The Balaban J connectivity index is 1.65. The van der Waals surface area contributed by atoms with E-state index in [4.69, 9.17) is 21.1 Å². The molecule has 0 spiro atoms. The molecule has 3 aromatic rings. The van der Waals surface area contributed by atoms with Crippen LogP contribution in [-0.4, -0.2) is 51.1 Å². The van der Waals surface area contributed by atoms with Crippen LogP contribution < -0.4 is 5.43 Å². The molecule has 0 saturated carbocycles. The molecule has 186 valence electrons.